The summed E-state index contributed by atoms with van der Waals surface area (Å²) in [7, 11) is 0. The second-order valence-electron chi connectivity index (χ2n) is 3.73. The van der Waals surface area contributed by atoms with Crippen molar-refractivity contribution in [2.75, 3.05) is 6.26 Å². The maximum absolute atomic E-state index is 11.5. The molecular formula is C11H13N3OS. The van der Waals surface area contributed by atoms with E-state index < -0.39 is 0 Å². The number of hydrogen-bond acceptors (Lipinski definition) is 4. The van der Waals surface area contributed by atoms with Gasteiger partial charge in [0.05, 0.1) is 5.52 Å². The average molecular weight is 235 g/mol. The van der Waals surface area contributed by atoms with Crippen molar-refractivity contribution in [1.82, 2.24) is 14.6 Å². The largest absolute Gasteiger partial charge is 0.276 e. The molecule has 0 bridgehead atoms. The second-order valence-corrected chi connectivity index (χ2v) is 4.52. The molecule has 0 aliphatic rings. The maximum atomic E-state index is 11.5. The van der Waals surface area contributed by atoms with Gasteiger partial charge in [-0.2, -0.15) is 10.1 Å². The molecule has 84 valence electrons. The Bertz CT molecular complexity index is 619. The normalized spacial score (nSPS) is 11.0. The van der Waals surface area contributed by atoms with E-state index in [4.69, 9.17) is 0 Å². The highest BCUT2D eigenvalue weighted by molar-refractivity contribution is 7.98. The minimum atomic E-state index is -0.179. The molecule has 0 unspecified atom stereocenters. The van der Waals surface area contributed by atoms with E-state index in [1.807, 2.05) is 20.1 Å². The predicted octanol–water partition coefficient (Wildman–Crippen LogP) is 1.74. The summed E-state index contributed by atoms with van der Waals surface area (Å²) in [6, 6.07) is 0. The molecule has 5 heteroatoms. The van der Waals surface area contributed by atoms with Gasteiger partial charge in [-0.15, -0.1) is 11.8 Å². The van der Waals surface area contributed by atoms with E-state index in [1.165, 1.54) is 6.33 Å². The summed E-state index contributed by atoms with van der Waals surface area (Å²) in [6.07, 6.45) is 3.47. The molecule has 2 heterocycles. The number of nitrogens with zero attached hydrogens (tertiary/aromatic N) is 3. The Morgan fingerprint density at radius 3 is 2.50 bits per heavy atom. The molecule has 0 atom stereocenters. The van der Waals surface area contributed by atoms with Crippen LogP contribution in [0.2, 0.25) is 0 Å². The van der Waals surface area contributed by atoms with Crippen LogP contribution in [-0.4, -0.2) is 20.9 Å². The topological polar surface area (TPSA) is 47.3 Å². The lowest BCUT2D eigenvalue weighted by Crippen LogP contribution is -2.15. The van der Waals surface area contributed by atoms with Gasteiger partial charge in [0.2, 0.25) is 0 Å². The van der Waals surface area contributed by atoms with Gasteiger partial charge in [-0.25, -0.2) is 4.52 Å². The Hall–Kier alpha value is -1.36. The smallest absolute Gasteiger partial charge is 0.267 e. The van der Waals surface area contributed by atoms with Crippen LogP contribution in [0.25, 0.3) is 5.52 Å². The van der Waals surface area contributed by atoms with Crippen LogP contribution in [0, 0.1) is 20.8 Å². The van der Waals surface area contributed by atoms with Crippen LogP contribution in [-0.2, 0) is 0 Å². The minimum absolute atomic E-state index is 0.179. The standard InChI is InChI=1S/C11H13N3OS/c1-6-7(2)11(16-4)13-14-5-12-10(15)8(3)9(6)14/h5H,1-4H3. The maximum Gasteiger partial charge on any atom is 0.276 e. The van der Waals surface area contributed by atoms with Crippen LogP contribution < -0.4 is 5.56 Å². The van der Waals surface area contributed by atoms with E-state index in [1.54, 1.807) is 23.2 Å². The fourth-order valence-electron chi connectivity index (χ4n) is 1.77. The summed E-state index contributed by atoms with van der Waals surface area (Å²) in [5, 5.41) is 5.40. The van der Waals surface area contributed by atoms with Crippen LogP contribution in [0.3, 0.4) is 0 Å². The fraction of sp³-hybridized carbons (Fsp3) is 0.364. The number of thioether (sulfide) groups is 1. The molecule has 2 rings (SSSR count). The summed E-state index contributed by atoms with van der Waals surface area (Å²) in [6.45, 7) is 5.83. The SMILES string of the molecule is CSc1nn2cnc(=O)c(C)c2c(C)c1C. The van der Waals surface area contributed by atoms with Gasteiger partial charge in [0.1, 0.15) is 11.4 Å². The van der Waals surface area contributed by atoms with E-state index in [0.717, 1.165) is 21.7 Å². The van der Waals surface area contributed by atoms with Gasteiger partial charge in [-0.1, -0.05) is 0 Å². The average Bonchev–Trinajstić information content (AvgIpc) is 2.28. The van der Waals surface area contributed by atoms with E-state index in [9.17, 15) is 4.79 Å². The second kappa shape index (κ2) is 3.90. The molecule has 0 aliphatic carbocycles. The first kappa shape index (κ1) is 11.1. The molecule has 0 fully saturated rings. The van der Waals surface area contributed by atoms with Gasteiger partial charge < -0.3 is 0 Å². The van der Waals surface area contributed by atoms with Crippen LogP contribution in [0.1, 0.15) is 16.7 Å². The number of aryl methyl sites for hydroxylation is 2. The van der Waals surface area contributed by atoms with Crippen LogP contribution in [0.15, 0.2) is 16.1 Å². The molecule has 0 saturated carbocycles. The highest BCUT2D eigenvalue weighted by Gasteiger charge is 2.11. The zero-order chi connectivity index (χ0) is 11.9. The molecule has 0 N–H and O–H groups in total. The molecule has 0 radical (unpaired) electrons. The lowest BCUT2D eigenvalue weighted by atomic mass is 10.1. The summed E-state index contributed by atoms with van der Waals surface area (Å²) in [5.41, 5.74) is 3.57. The number of aromatic nitrogens is 3. The van der Waals surface area contributed by atoms with Crippen molar-refractivity contribution in [1.29, 1.82) is 0 Å². The minimum Gasteiger partial charge on any atom is -0.267 e. The fourth-order valence-corrected chi connectivity index (χ4v) is 2.40. The van der Waals surface area contributed by atoms with Gasteiger partial charge in [0, 0.05) is 5.56 Å². The molecule has 4 nitrogen and oxygen atoms in total. The van der Waals surface area contributed by atoms with E-state index in [0.29, 0.717) is 5.56 Å². The first-order valence-electron chi connectivity index (χ1n) is 4.95. The Morgan fingerprint density at radius 2 is 1.88 bits per heavy atom. The van der Waals surface area contributed by atoms with Crippen molar-refractivity contribution >= 4 is 17.3 Å². The highest BCUT2D eigenvalue weighted by atomic mass is 32.2. The summed E-state index contributed by atoms with van der Waals surface area (Å²) in [4.78, 5) is 15.3. The van der Waals surface area contributed by atoms with Crippen molar-refractivity contribution in [3.63, 3.8) is 0 Å². The zero-order valence-electron chi connectivity index (χ0n) is 9.74. The Kier molecular flexibility index (Phi) is 2.71. The molecule has 0 aromatic carbocycles. The van der Waals surface area contributed by atoms with E-state index in [2.05, 4.69) is 10.1 Å². The van der Waals surface area contributed by atoms with Crippen LogP contribution >= 0.6 is 11.8 Å². The Morgan fingerprint density at radius 1 is 1.19 bits per heavy atom. The first-order valence-corrected chi connectivity index (χ1v) is 6.18. The summed E-state index contributed by atoms with van der Waals surface area (Å²) >= 11 is 1.60. The monoisotopic (exact) mass is 235 g/mol. The highest BCUT2D eigenvalue weighted by Crippen LogP contribution is 2.23. The lowest BCUT2D eigenvalue weighted by Gasteiger charge is -2.11. The third-order valence-electron chi connectivity index (χ3n) is 2.82. The lowest BCUT2D eigenvalue weighted by molar-refractivity contribution is 0.798. The first-order chi connectivity index (χ1) is 7.56. The van der Waals surface area contributed by atoms with Crippen LogP contribution in [0.4, 0.5) is 0 Å². The summed E-state index contributed by atoms with van der Waals surface area (Å²) < 4.78 is 1.69. The molecule has 0 aliphatic heterocycles. The molecule has 0 spiro atoms. The van der Waals surface area contributed by atoms with Crippen LogP contribution in [0.5, 0.6) is 0 Å². The molecule has 2 aromatic heterocycles. The quantitative estimate of drug-likeness (QED) is 0.706. The van der Waals surface area contributed by atoms with Gasteiger partial charge >= 0.3 is 0 Å². The Labute approximate surface area is 97.7 Å². The number of fused-ring (bicyclic) bond motifs is 1. The Balaban J connectivity index is 2.99. The number of hydrogen-bond donors (Lipinski definition) is 0. The van der Waals surface area contributed by atoms with Crippen molar-refractivity contribution in [2.24, 2.45) is 0 Å². The van der Waals surface area contributed by atoms with Gasteiger partial charge in [-0.3, -0.25) is 4.79 Å². The van der Waals surface area contributed by atoms with E-state index in [-0.39, 0.29) is 5.56 Å². The molecular weight excluding hydrogens is 222 g/mol. The van der Waals surface area contributed by atoms with Crippen molar-refractivity contribution in [3.05, 3.63) is 33.4 Å². The van der Waals surface area contributed by atoms with Gasteiger partial charge in [0.25, 0.3) is 5.56 Å². The predicted molar refractivity (Wildman–Crippen MR) is 65.2 cm³/mol. The van der Waals surface area contributed by atoms with Gasteiger partial charge in [-0.05, 0) is 38.2 Å². The third kappa shape index (κ3) is 1.51. The third-order valence-corrected chi connectivity index (χ3v) is 3.59. The van der Waals surface area contributed by atoms with E-state index >= 15 is 0 Å². The zero-order valence-corrected chi connectivity index (χ0v) is 10.6. The molecule has 0 amide bonds. The molecule has 2 aromatic rings. The van der Waals surface area contributed by atoms with Crippen molar-refractivity contribution < 1.29 is 0 Å². The van der Waals surface area contributed by atoms with Crippen molar-refractivity contribution in [3.8, 4) is 0 Å². The number of rotatable bonds is 1. The van der Waals surface area contributed by atoms with Crippen molar-refractivity contribution in [2.45, 2.75) is 25.8 Å². The summed E-state index contributed by atoms with van der Waals surface area (Å²) in [5.74, 6) is 0. The van der Waals surface area contributed by atoms with Gasteiger partial charge in [0.15, 0.2) is 0 Å². The molecule has 16 heavy (non-hydrogen) atoms. The molecule has 0 saturated heterocycles.